The summed E-state index contributed by atoms with van der Waals surface area (Å²) in [6.07, 6.45) is 12.2. The van der Waals surface area contributed by atoms with Gasteiger partial charge in [0, 0.05) is 18.8 Å². The van der Waals surface area contributed by atoms with E-state index in [1.54, 1.807) is 6.92 Å². The quantitative estimate of drug-likeness (QED) is 0.502. The molecule has 1 saturated carbocycles. The lowest BCUT2D eigenvalue weighted by atomic mass is 9.83. The van der Waals surface area contributed by atoms with Crippen molar-refractivity contribution >= 4 is 12.1 Å². The van der Waals surface area contributed by atoms with E-state index in [-0.39, 0.29) is 5.78 Å². The Bertz CT molecular complexity index is 329. The third-order valence-electron chi connectivity index (χ3n) is 3.69. The first-order chi connectivity index (χ1) is 11.8. The minimum absolute atomic E-state index is 0.255. The van der Waals surface area contributed by atoms with Crippen molar-refractivity contribution in [1.29, 1.82) is 0 Å². The lowest BCUT2D eigenvalue weighted by Crippen LogP contribution is -2.13. The molecule has 2 heteroatoms. The van der Waals surface area contributed by atoms with Gasteiger partial charge in [0.25, 0.3) is 0 Å². The molecule has 0 aromatic carbocycles. The summed E-state index contributed by atoms with van der Waals surface area (Å²) in [5.74, 6) is 2.19. The standard InChI is InChI=1S/C8H14O.C6H9.C4H8O.C3H8.C2H6/c1-7-3-2-4-8(5-7)6-9;1-5(2)6-3-4-6;1-3-4(2)5;1-3-2;1-2/h6-8H,2-5H2,1H3;3-5H,1-2H3;3H2,1-2H3;3H2,1-2H3;1-2H3/t7-,8+;;;;/m1..../s1. The second-order valence-electron chi connectivity index (χ2n) is 6.92. The van der Waals surface area contributed by atoms with Gasteiger partial charge in [-0.05, 0) is 31.6 Å². The average Bonchev–Trinajstić information content (AvgIpc) is 3.43. The molecule has 25 heavy (non-hydrogen) atoms. The molecule has 0 aromatic heterocycles. The first-order valence-corrected chi connectivity index (χ1v) is 10.3. The molecule has 1 radical (unpaired) electrons. The number of aldehydes is 1. The largest absolute Gasteiger partial charge is 0.303 e. The number of ketones is 1. The highest BCUT2D eigenvalue weighted by Gasteiger charge is 2.17. The fourth-order valence-electron chi connectivity index (χ4n) is 2.04. The van der Waals surface area contributed by atoms with Crippen LogP contribution in [0.5, 0.6) is 0 Å². The molecule has 0 bridgehead atoms. The predicted octanol–water partition coefficient (Wildman–Crippen LogP) is 7.23. The van der Waals surface area contributed by atoms with Crippen LogP contribution in [0.1, 0.15) is 101 Å². The van der Waals surface area contributed by atoms with Crippen molar-refractivity contribution in [3.8, 4) is 0 Å². The molecule has 0 spiro atoms. The van der Waals surface area contributed by atoms with Crippen LogP contribution in [0.3, 0.4) is 0 Å². The lowest BCUT2D eigenvalue weighted by molar-refractivity contribution is -0.116. The van der Waals surface area contributed by atoms with Crippen LogP contribution in [0.2, 0.25) is 0 Å². The maximum absolute atomic E-state index is 10.3. The van der Waals surface area contributed by atoms with E-state index < -0.39 is 0 Å². The van der Waals surface area contributed by atoms with Crippen LogP contribution >= 0.6 is 0 Å². The Kier molecular flexibility index (Phi) is 24.4. The SMILES string of the molecule is CC.CC(C)C1=C[CH]1.CCC.CCC(C)=O.C[C@@H]1CCC[C@H](C=O)C1. The van der Waals surface area contributed by atoms with Crippen LogP contribution in [-0.2, 0) is 9.59 Å². The number of hydrogen-bond donors (Lipinski definition) is 0. The minimum Gasteiger partial charge on any atom is -0.303 e. The summed E-state index contributed by atoms with van der Waals surface area (Å²) in [5.41, 5.74) is 1.51. The Labute approximate surface area is 158 Å². The molecular formula is C23H45O2. The summed E-state index contributed by atoms with van der Waals surface area (Å²) in [6, 6.07) is 0. The molecule has 149 valence electrons. The van der Waals surface area contributed by atoms with Crippen molar-refractivity contribution < 1.29 is 9.59 Å². The Hall–Kier alpha value is -0.920. The minimum atomic E-state index is 0.255. The van der Waals surface area contributed by atoms with Gasteiger partial charge in [-0.15, -0.1) is 0 Å². The summed E-state index contributed by atoms with van der Waals surface area (Å²) in [5, 5.41) is 0. The van der Waals surface area contributed by atoms with Gasteiger partial charge in [-0.2, -0.15) is 0 Å². The smallest absolute Gasteiger partial charge is 0.129 e. The van der Waals surface area contributed by atoms with Gasteiger partial charge >= 0.3 is 0 Å². The van der Waals surface area contributed by atoms with Gasteiger partial charge < -0.3 is 9.59 Å². The zero-order valence-corrected chi connectivity index (χ0v) is 18.5. The molecule has 0 unspecified atom stereocenters. The summed E-state index contributed by atoms with van der Waals surface area (Å²) in [7, 11) is 0. The van der Waals surface area contributed by atoms with Crippen molar-refractivity contribution in [1.82, 2.24) is 0 Å². The number of carbonyl (C=O) groups is 2. The molecule has 1 fully saturated rings. The molecule has 2 aliphatic rings. The maximum atomic E-state index is 10.3. The molecule has 0 aromatic rings. The third kappa shape index (κ3) is 25.4. The molecule has 0 amide bonds. The molecule has 0 aliphatic heterocycles. The Morgan fingerprint density at radius 2 is 1.64 bits per heavy atom. The number of carbonyl (C=O) groups excluding carboxylic acids is 2. The third-order valence-corrected chi connectivity index (χ3v) is 3.69. The van der Waals surface area contributed by atoms with Gasteiger partial charge in [-0.3, -0.25) is 0 Å². The molecule has 2 nitrogen and oxygen atoms in total. The molecule has 2 atom stereocenters. The predicted molar refractivity (Wildman–Crippen MR) is 113 cm³/mol. The van der Waals surface area contributed by atoms with E-state index >= 15 is 0 Å². The topological polar surface area (TPSA) is 34.1 Å². The number of allylic oxidation sites excluding steroid dienone is 2. The van der Waals surface area contributed by atoms with Crippen LogP contribution in [0.15, 0.2) is 11.6 Å². The fraction of sp³-hybridized carbons (Fsp3) is 0.783. The number of rotatable bonds is 3. The molecular weight excluding hydrogens is 308 g/mol. The second kappa shape index (κ2) is 21.1. The van der Waals surface area contributed by atoms with Gasteiger partial charge in [0.2, 0.25) is 0 Å². The van der Waals surface area contributed by atoms with E-state index in [0.29, 0.717) is 12.3 Å². The van der Waals surface area contributed by atoms with Crippen molar-refractivity contribution in [2.75, 3.05) is 0 Å². The van der Waals surface area contributed by atoms with E-state index in [1.165, 1.54) is 24.8 Å². The normalized spacial score (nSPS) is 19.8. The maximum Gasteiger partial charge on any atom is 0.129 e. The second-order valence-corrected chi connectivity index (χ2v) is 6.92. The van der Waals surface area contributed by atoms with Crippen molar-refractivity contribution in [2.24, 2.45) is 17.8 Å². The van der Waals surface area contributed by atoms with E-state index in [9.17, 15) is 9.59 Å². The van der Waals surface area contributed by atoms with Crippen molar-refractivity contribution in [3.05, 3.63) is 18.1 Å². The molecule has 0 N–H and O–H groups in total. The number of Topliss-reactive ketones (excluding diaryl/α,β-unsaturated/α-hetero) is 1. The summed E-state index contributed by atoms with van der Waals surface area (Å²) in [6.45, 7) is 18.3. The van der Waals surface area contributed by atoms with Gasteiger partial charge in [0.05, 0.1) is 0 Å². The van der Waals surface area contributed by atoms with E-state index in [4.69, 9.17) is 0 Å². The Morgan fingerprint density at radius 1 is 1.20 bits per heavy atom. The van der Waals surface area contributed by atoms with Crippen LogP contribution in [0.25, 0.3) is 0 Å². The highest BCUT2D eigenvalue weighted by molar-refractivity contribution is 5.74. The van der Waals surface area contributed by atoms with Gasteiger partial charge in [-0.1, -0.05) is 86.3 Å². The highest BCUT2D eigenvalue weighted by Crippen LogP contribution is 2.26. The van der Waals surface area contributed by atoms with Crippen LogP contribution in [0, 0.1) is 24.2 Å². The van der Waals surface area contributed by atoms with Crippen LogP contribution in [0.4, 0.5) is 0 Å². The molecule has 0 heterocycles. The Balaban J connectivity index is -0.000000267. The monoisotopic (exact) mass is 353 g/mol. The Morgan fingerprint density at radius 3 is 1.80 bits per heavy atom. The average molecular weight is 354 g/mol. The van der Waals surface area contributed by atoms with E-state index in [0.717, 1.165) is 31.0 Å². The van der Waals surface area contributed by atoms with Gasteiger partial charge in [0.15, 0.2) is 0 Å². The van der Waals surface area contributed by atoms with Crippen LogP contribution in [-0.4, -0.2) is 12.1 Å². The van der Waals surface area contributed by atoms with E-state index in [2.05, 4.69) is 47.1 Å². The first-order valence-electron chi connectivity index (χ1n) is 10.3. The summed E-state index contributed by atoms with van der Waals surface area (Å²) < 4.78 is 0. The number of hydrogen-bond acceptors (Lipinski definition) is 2. The van der Waals surface area contributed by atoms with Gasteiger partial charge in [0.1, 0.15) is 12.1 Å². The van der Waals surface area contributed by atoms with Crippen molar-refractivity contribution in [3.63, 3.8) is 0 Å². The van der Waals surface area contributed by atoms with Crippen LogP contribution < -0.4 is 0 Å². The highest BCUT2D eigenvalue weighted by atomic mass is 16.1. The zero-order chi connectivity index (χ0) is 20.3. The fourth-order valence-corrected chi connectivity index (χ4v) is 2.04. The summed E-state index contributed by atoms with van der Waals surface area (Å²) in [4.78, 5) is 20.1. The molecule has 2 rings (SSSR count). The lowest BCUT2D eigenvalue weighted by Gasteiger charge is -2.21. The zero-order valence-electron chi connectivity index (χ0n) is 18.5. The molecule has 0 saturated heterocycles. The van der Waals surface area contributed by atoms with Crippen molar-refractivity contribution in [2.45, 2.75) is 101 Å². The first kappa shape index (κ1) is 28.9. The molecule has 2 aliphatic carbocycles. The van der Waals surface area contributed by atoms with E-state index in [1.807, 2.05) is 20.8 Å². The summed E-state index contributed by atoms with van der Waals surface area (Å²) >= 11 is 0. The van der Waals surface area contributed by atoms with Gasteiger partial charge in [-0.25, -0.2) is 0 Å².